The van der Waals surface area contributed by atoms with E-state index in [1.54, 1.807) is 11.6 Å². The largest absolute Gasteiger partial charge is 0.361 e. The number of piperidine rings is 1. The molecule has 2 amide bonds. The lowest BCUT2D eigenvalue weighted by molar-refractivity contribution is 0.0914. The monoisotopic (exact) mass is 568 g/mol. The van der Waals surface area contributed by atoms with Crippen molar-refractivity contribution < 1.29 is 14.1 Å². The predicted molar refractivity (Wildman–Crippen MR) is 165 cm³/mol. The second-order valence-corrected chi connectivity index (χ2v) is 12.2. The van der Waals surface area contributed by atoms with Crippen LogP contribution in [0.2, 0.25) is 0 Å². The highest BCUT2D eigenvalue weighted by molar-refractivity contribution is 6.03. The molecule has 3 heterocycles. The molecule has 0 saturated carbocycles. The third-order valence-electron chi connectivity index (χ3n) is 7.94. The highest BCUT2D eigenvalue weighted by Crippen LogP contribution is 2.36. The quantitative estimate of drug-likeness (QED) is 0.214. The number of amides is 2. The van der Waals surface area contributed by atoms with Crippen LogP contribution in [0, 0.1) is 26.7 Å². The Morgan fingerprint density at radius 2 is 1.64 bits per heavy atom. The maximum atomic E-state index is 13.8. The van der Waals surface area contributed by atoms with Crippen LogP contribution < -0.4 is 16.0 Å². The number of benzene rings is 2. The summed E-state index contributed by atoms with van der Waals surface area (Å²) < 4.78 is 7.08. The molecular weight excluding hydrogens is 528 g/mol. The van der Waals surface area contributed by atoms with Crippen LogP contribution in [-0.4, -0.2) is 39.8 Å². The number of Topliss-reactive ketones (excluding diaryl/α,β-unsaturated/α-hetero) is 1. The van der Waals surface area contributed by atoms with Gasteiger partial charge in [-0.2, -0.15) is 5.10 Å². The number of nitrogens with zero attached hydrogens (tertiary/aromatic N) is 3. The normalized spacial score (nSPS) is 14.9. The summed E-state index contributed by atoms with van der Waals surface area (Å²) >= 11 is 0. The second-order valence-electron chi connectivity index (χ2n) is 12.2. The van der Waals surface area contributed by atoms with Crippen molar-refractivity contribution in [3.63, 3.8) is 0 Å². The zero-order chi connectivity index (χ0) is 30.0. The third-order valence-corrected chi connectivity index (χ3v) is 7.94. The van der Waals surface area contributed by atoms with Crippen LogP contribution in [0.25, 0.3) is 5.69 Å². The Labute approximate surface area is 247 Å². The first-order valence-corrected chi connectivity index (χ1v) is 14.5. The molecule has 5 rings (SSSR count). The molecule has 0 spiro atoms. The first-order chi connectivity index (χ1) is 20.0. The molecule has 9 nitrogen and oxygen atoms in total. The molecule has 1 saturated heterocycles. The summed E-state index contributed by atoms with van der Waals surface area (Å²) in [5.41, 5.74) is 5.43. The number of urea groups is 1. The molecule has 220 valence electrons. The zero-order valence-corrected chi connectivity index (χ0v) is 25.2. The fourth-order valence-electron chi connectivity index (χ4n) is 5.58. The fourth-order valence-corrected chi connectivity index (χ4v) is 5.58. The van der Waals surface area contributed by atoms with Gasteiger partial charge < -0.3 is 15.2 Å². The van der Waals surface area contributed by atoms with Crippen molar-refractivity contribution in [2.24, 2.45) is 5.92 Å². The maximum absolute atomic E-state index is 13.8. The Morgan fingerprint density at radius 1 is 0.976 bits per heavy atom. The number of aromatic nitrogens is 3. The molecule has 1 atom stereocenters. The number of ketones is 1. The van der Waals surface area contributed by atoms with Crippen LogP contribution in [0.3, 0.4) is 0 Å². The molecule has 1 aliphatic heterocycles. The molecule has 2 aromatic carbocycles. The lowest BCUT2D eigenvalue weighted by atomic mass is 9.76. The van der Waals surface area contributed by atoms with Crippen LogP contribution in [-0.2, 0) is 5.41 Å². The number of anilines is 2. The summed E-state index contributed by atoms with van der Waals surface area (Å²) in [5, 5.41) is 18.1. The van der Waals surface area contributed by atoms with Gasteiger partial charge in [0, 0.05) is 17.2 Å². The Kier molecular flexibility index (Phi) is 8.31. The molecular formula is C33H40N6O3. The van der Waals surface area contributed by atoms with Gasteiger partial charge in [-0.1, -0.05) is 55.8 Å². The minimum absolute atomic E-state index is 0.0376. The minimum atomic E-state index is -0.377. The van der Waals surface area contributed by atoms with Gasteiger partial charge in [0.25, 0.3) is 0 Å². The van der Waals surface area contributed by atoms with Gasteiger partial charge in [-0.15, -0.1) is 0 Å². The number of hydrogen-bond acceptors (Lipinski definition) is 6. The summed E-state index contributed by atoms with van der Waals surface area (Å²) in [7, 11) is 0. The van der Waals surface area contributed by atoms with E-state index in [2.05, 4.69) is 41.9 Å². The van der Waals surface area contributed by atoms with Crippen molar-refractivity contribution in [2.75, 3.05) is 23.7 Å². The van der Waals surface area contributed by atoms with Crippen molar-refractivity contribution in [1.82, 2.24) is 20.3 Å². The summed E-state index contributed by atoms with van der Waals surface area (Å²) in [6.45, 7) is 13.7. The van der Waals surface area contributed by atoms with Crippen molar-refractivity contribution in [1.29, 1.82) is 0 Å². The molecule has 0 radical (unpaired) electrons. The summed E-state index contributed by atoms with van der Waals surface area (Å²) in [6, 6.07) is 17.1. The van der Waals surface area contributed by atoms with E-state index in [0.29, 0.717) is 28.5 Å². The second kappa shape index (κ2) is 11.9. The first-order valence-electron chi connectivity index (χ1n) is 14.5. The van der Waals surface area contributed by atoms with E-state index in [-0.39, 0.29) is 29.1 Å². The van der Waals surface area contributed by atoms with Crippen molar-refractivity contribution in [3.8, 4) is 5.69 Å². The van der Waals surface area contributed by atoms with Crippen LogP contribution >= 0.6 is 0 Å². The lowest BCUT2D eigenvalue weighted by Gasteiger charge is -2.30. The highest BCUT2D eigenvalue weighted by Gasteiger charge is 2.34. The Morgan fingerprint density at radius 3 is 2.24 bits per heavy atom. The van der Waals surface area contributed by atoms with Gasteiger partial charge in [-0.25, -0.2) is 9.48 Å². The standard InChI is InChI=1S/C33H40N6O3/c1-20-7-13-26(14-8-20)39-28(19-27(37-39)33(4,5)6)36-32(41)35-25-11-9-23(10-12-25)30(24-15-17-34-18-16-24)31(40)29-21(2)38-42-22(29)3/h7-14,19,24,30,34H,15-18H2,1-6H3,(H2,35,36,41). The smallest absolute Gasteiger partial charge is 0.324 e. The third kappa shape index (κ3) is 6.31. The number of carbonyl (C=O) groups excluding carboxylic acids is 2. The minimum Gasteiger partial charge on any atom is -0.361 e. The van der Waals surface area contributed by atoms with E-state index >= 15 is 0 Å². The number of aryl methyl sites for hydroxylation is 3. The van der Waals surface area contributed by atoms with E-state index < -0.39 is 0 Å². The molecule has 0 aliphatic carbocycles. The van der Waals surface area contributed by atoms with E-state index in [1.807, 2.05) is 68.4 Å². The highest BCUT2D eigenvalue weighted by atomic mass is 16.5. The number of carbonyl (C=O) groups is 2. The molecule has 1 fully saturated rings. The topological polar surface area (TPSA) is 114 Å². The Balaban J connectivity index is 1.36. The van der Waals surface area contributed by atoms with Gasteiger partial charge in [0.2, 0.25) is 0 Å². The number of hydrogen-bond donors (Lipinski definition) is 3. The summed E-state index contributed by atoms with van der Waals surface area (Å²) in [6.07, 6.45) is 1.82. The predicted octanol–water partition coefficient (Wildman–Crippen LogP) is 6.69. The Hall–Kier alpha value is -4.24. The molecule has 3 N–H and O–H groups in total. The van der Waals surface area contributed by atoms with Crippen LogP contribution in [0.15, 0.2) is 59.1 Å². The zero-order valence-electron chi connectivity index (χ0n) is 25.2. The van der Waals surface area contributed by atoms with E-state index in [4.69, 9.17) is 9.62 Å². The van der Waals surface area contributed by atoms with Gasteiger partial charge in [0.05, 0.1) is 28.6 Å². The SMILES string of the molecule is Cc1ccc(-n2nc(C(C)(C)C)cc2NC(=O)Nc2ccc(C(C(=O)c3c(C)noc3C)C3CCNCC3)cc2)cc1. The van der Waals surface area contributed by atoms with Gasteiger partial charge >= 0.3 is 6.03 Å². The molecule has 0 bridgehead atoms. The molecule has 4 aromatic rings. The van der Waals surface area contributed by atoms with Crippen LogP contribution in [0.4, 0.5) is 16.3 Å². The van der Waals surface area contributed by atoms with Gasteiger partial charge in [0.1, 0.15) is 11.6 Å². The molecule has 42 heavy (non-hydrogen) atoms. The molecule has 2 aromatic heterocycles. The number of nitrogens with one attached hydrogen (secondary N) is 3. The van der Waals surface area contributed by atoms with E-state index in [1.165, 1.54) is 0 Å². The molecule has 9 heteroatoms. The molecule has 1 aliphatic rings. The van der Waals surface area contributed by atoms with Gasteiger partial charge in [-0.05, 0) is 82.4 Å². The van der Waals surface area contributed by atoms with Crippen LogP contribution in [0.5, 0.6) is 0 Å². The Bertz CT molecular complexity index is 1540. The average Bonchev–Trinajstić information content (AvgIpc) is 3.53. The first kappa shape index (κ1) is 29.3. The maximum Gasteiger partial charge on any atom is 0.324 e. The van der Waals surface area contributed by atoms with E-state index in [9.17, 15) is 9.59 Å². The van der Waals surface area contributed by atoms with Crippen molar-refractivity contribution in [3.05, 3.63) is 88.4 Å². The van der Waals surface area contributed by atoms with Crippen molar-refractivity contribution >= 4 is 23.3 Å². The fraction of sp³-hybridized carbons (Fsp3) is 0.394. The van der Waals surface area contributed by atoms with E-state index in [0.717, 1.165) is 48.4 Å². The average molecular weight is 569 g/mol. The van der Waals surface area contributed by atoms with Crippen molar-refractivity contribution in [2.45, 2.75) is 65.7 Å². The molecule has 1 unspecified atom stereocenters. The lowest BCUT2D eigenvalue weighted by Crippen LogP contribution is -2.34. The van der Waals surface area contributed by atoms with Crippen LogP contribution in [0.1, 0.15) is 78.2 Å². The number of rotatable bonds is 7. The van der Waals surface area contributed by atoms with Gasteiger partial charge in [0.15, 0.2) is 5.78 Å². The summed E-state index contributed by atoms with van der Waals surface area (Å²) in [4.78, 5) is 27.0. The van der Waals surface area contributed by atoms with Gasteiger partial charge in [-0.3, -0.25) is 10.1 Å². The summed E-state index contributed by atoms with van der Waals surface area (Å²) in [5.74, 6) is 1.05.